The number of hydrogen-bond donors (Lipinski definition) is 2. The van der Waals surface area contributed by atoms with Crippen molar-refractivity contribution < 1.29 is 57.8 Å². The molecule has 0 bridgehead atoms. The van der Waals surface area contributed by atoms with Crippen molar-refractivity contribution in [2.75, 3.05) is 5.75 Å². The first-order valence-electron chi connectivity index (χ1n) is 1.76. The first-order valence-corrected chi connectivity index (χ1v) is 3.37. The topological polar surface area (TPSA) is 74.6 Å². The second-order valence-electron chi connectivity index (χ2n) is 1.39. The Labute approximate surface area is 79.8 Å². The Hall–Kier alpha value is 0.730. The average Bonchev–Trinajstić information content (AvgIpc) is 1.14. The van der Waals surface area contributed by atoms with Gasteiger partial charge in [-0.05, 0) is 0 Å². The van der Waals surface area contributed by atoms with Crippen LogP contribution in [0.3, 0.4) is 0 Å². The van der Waals surface area contributed by atoms with Gasteiger partial charge in [-0.3, -0.25) is 4.55 Å². The Bertz CT molecular complexity index is 187. The van der Waals surface area contributed by atoms with E-state index in [1.54, 1.807) is 0 Å². The molecule has 0 aromatic carbocycles. The summed E-state index contributed by atoms with van der Waals surface area (Å²) in [7, 11) is -4.78. The third-order valence-electron chi connectivity index (χ3n) is 0.356. The molecule has 0 aromatic rings. The fourth-order valence-electron chi connectivity index (χ4n) is 0.219. The molecular formula is C2H5F2NaO4S. The van der Waals surface area contributed by atoms with Crippen LogP contribution >= 0.6 is 0 Å². The van der Waals surface area contributed by atoms with Crippen molar-refractivity contribution in [1.29, 1.82) is 0 Å². The van der Waals surface area contributed by atoms with Crippen molar-refractivity contribution in [1.82, 2.24) is 0 Å². The van der Waals surface area contributed by atoms with Gasteiger partial charge in [0.15, 0.2) is 5.75 Å². The zero-order valence-electron chi connectivity index (χ0n) is 6.08. The fraction of sp³-hybridized carbons (Fsp3) is 1.00. The number of halogens is 2. The maximum Gasteiger partial charge on any atom is 1.00 e. The molecule has 2 N–H and O–H groups in total. The van der Waals surface area contributed by atoms with Crippen LogP contribution < -0.4 is 29.6 Å². The largest absolute Gasteiger partial charge is 1.00 e. The van der Waals surface area contributed by atoms with Crippen molar-refractivity contribution in [3.8, 4) is 0 Å². The van der Waals surface area contributed by atoms with E-state index in [4.69, 9.17) is 9.66 Å². The van der Waals surface area contributed by atoms with Crippen molar-refractivity contribution in [2.45, 2.75) is 6.11 Å². The first-order chi connectivity index (χ1) is 3.71. The number of alkyl halides is 2. The predicted molar refractivity (Wildman–Crippen MR) is 24.7 cm³/mol. The van der Waals surface area contributed by atoms with Gasteiger partial charge < -0.3 is 6.53 Å². The van der Waals surface area contributed by atoms with Crippen LogP contribution in [-0.4, -0.2) is 29.9 Å². The second-order valence-corrected chi connectivity index (χ2v) is 2.84. The predicted octanol–water partition coefficient (Wildman–Crippen LogP) is -3.42. The summed E-state index contributed by atoms with van der Waals surface area (Å²) < 4.78 is 49.3. The van der Waals surface area contributed by atoms with Gasteiger partial charge in [0.25, 0.3) is 10.1 Å². The molecule has 0 aliphatic carbocycles. The molecule has 10 heavy (non-hydrogen) atoms. The van der Waals surface area contributed by atoms with E-state index in [0.29, 0.717) is 0 Å². The second kappa shape index (κ2) is 3.93. The normalized spacial score (nSPS) is 12.4. The first kappa shape index (κ1) is 13.3. The summed E-state index contributed by atoms with van der Waals surface area (Å²) in [6.45, 7) is 0. The molecule has 0 amide bonds. The van der Waals surface area contributed by atoms with Crippen LogP contribution in [0, 0.1) is 0 Å². The van der Waals surface area contributed by atoms with Crippen LogP contribution in [0.1, 0.15) is 1.43 Å². The van der Waals surface area contributed by atoms with Gasteiger partial charge in [-0.1, -0.05) is 0 Å². The van der Waals surface area contributed by atoms with Gasteiger partial charge in [-0.15, -0.1) is 0 Å². The van der Waals surface area contributed by atoms with Gasteiger partial charge in [0, 0.05) is 0 Å². The summed E-state index contributed by atoms with van der Waals surface area (Å²) in [5.74, 6) is -1.96. The van der Waals surface area contributed by atoms with E-state index in [0.717, 1.165) is 0 Å². The molecule has 0 radical (unpaired) electrons. The van der Waals surface area contributed by atoms with Crippen LogP contribution in [0.4, 0.5) is 8.78 Å². The number of hydrogen-bond acceptors (Lipinski definition) is 3. The molecule has 0 aliphatic heterocycles. The summed E-state index contributed by atoms with van der Waals surface area (Å²) in [5, 5.41) is 7.48. The van der Waals surface area contributed by atoms with Gasteiger partial charge in [0.2, 0.25) is 0 Å². The standard InChI is InChI=1S/C2H4F2O4S.Na.H/c3-2(4,5)1-9(6,7)8;;/h5H,1H2,(H,6,7,8);;/q;+1;-1. The van der Waals surface area contributed by atoms with Crippen molar-refractivity contribution in [2.24, 2.45) is 0 Å². The molecule has 0 spiro atoms. The Morgan fingerprint density at radius 1 is 1.50 bits per heavy atom. The van der Waals surface area contributed by atoms with Crippen molar-refractivity contribution in [3.63, 3.8) is 0 Å². The van der Waals surface area contributed by atoms with Crippen LogP contribution in [0.2, 0.25) is 0 Å². The van der Waals surface area contributed by atoms with Gasteiger partial charge >= 0.3 is 35.7 Å². The van der Waals surface area contributed by atoms with Gasteiger partial charge in [0.1, 0.15) is 0 Å². The number of aliphatic hydroxyl groups is 1. The Morgan fingerprint density at radius 2 is 1.80 bits per heavy atom. The minimum absolute atomic E-state index is 0. The molecule has 58 valence electrons. The van der Waals surface area contributed by atoms with E-state index < -0.39 is 22.0 Å². The van der Waals surface area contributed by atoms with Crippen LogP contribution in [0.5, 0.6) is 0 Å². The summed E-state index contributed by atoms with van der Waals surface area (Å²) in [5.41, 5.74) is 0. The van der Waals surface area contributed by atoms with Crippen LogP contribution in [-0.2, 0) is 10.1 Å². The van der Waals surface area contributed by atoms with E-state index >= 15 is 0 Å². The molecule has 0 aromatic heterocycles. The van der Waals surface area contributed by atoms with Crippen molar-refractivity contribution >= 4 is 10.1 Å². The maximum absolute atomic E-state index is 11.2. The van der Waals surface area contributed by atoms with Crippen molar-refractivity contribution in [3.05, 3.63) is 0 Å². The minimum Gasteiger partial charge on any atom is -1.00 e. The SMILES string of the molecule is O=S(=O)(O)CC(O)(F)F.[H-].[Na+]. The minimum atomic E-state index is -4.78. The molecule has 4 nitrogen and oxygen atoms in total. The monoisotopic (exact) mass is 186 g/mol. The molecule has 0 unspecified atom stereocenters. The molecule has 0 aliphatic rings. The third kappa shape index (κ3) is 11.5. The molecule has 0 saturated heterocycles. The summed E-state index contributed by atoms with van der Waals surface area (Å²) >= 11 is 0. The van der Waals surface area contributed by atoms with E-state index in [1.807, 2.05) is 0 Å². The quantitative estimate of drug-likeness (QED) is 0.348. The Balaban J connectivity index is -0.000000320. The van der Waals surface area contributed by atoms with Gasteiger partial charge in [-0.2, -0.15) is 17.2 Å². The molecule has 0 rings (SSSR count). The van der Waals surface area contributed by atoms with E-state index in [-0.39, 0.29) is 31.0 Å². The molecule has 8 heteroatoms. The van der Waals surface area contributed by atoms with Gasteiger partial charge in [0.05, 0.1) is 0 Å². The molecule has 0 atom stereocenters. The summed E-state index contributed by atoms with van der Waals surface area (Å²) in [6, 6.07) is 0. The summed E-state index contributed by atoms with van der Waals surface area (Å²) in [4.78, 5) is 0. The van der Waals surface area contributed by atoms with E-state index in [2.05, 4.69) is 0 Å². The molecule has 0 saturated carbocycles. The smallest absolute Gasteiger partial charge is 1.00 e. The third-order valence-corrected chi connectivity index (χ3v) is 1.07. The van der Waals surface area contributed by atoms with Gasteiger partial charge in [-0.25, -0.2) is 0 Å². The fourth-order valence-corrected chi connectivity index (χ4v) is 0.658. The zero-order valence-corrected chi connectivity index (χ0v) is 7.90. The maximum atomic E-state index is 11.2. The molecule has 0 fully saturated rings. The Morgan fingerprint density at radius 3 is 1.80 bits per heavy atom. The Kier molecular flexibility index (Phi) is 5.24. The molecular weight excluding hydrogens is 181 g/mol. The van der Waals surface area contributed by atoms with E-state index in [1.165, 1.54) is 0 Å². The summed E-state index contributed by atoms with van der Waals surface area (Å²) in [6.07, 6.45) is -4.35. The zero-order chi connectivity index (χ0) is 7.71. The number of rotatable bonds is 2. The average molecular weight is 186 g/mol. The van der Waals surface area contributed by atoms with Crippen LogP contribution in [0.15, 0.2) is 0 Å². The molecule has 0 heterocycles. The van der Waals surface area contributed by atoms with Crippen LogP contribution in [0.25, 0.3) is 0 Å². The van der Waals surface area contributed by atoms with E-state index in [9.17, 15) is 17.2 Å².